The average Bonchev–Trinajstić information content (AvgIpc) is 3.08. The van der Waals surface area contributed by atoms with Crippen LogP contribution in [0, 0.1) is 0 Å². The average molecular weight is 492 g/mol. The van der Waals surface area contributed by atoms with Crippen molar-refractivity contribution in [3.05, 3.63) is 56.5 Å². The number of aryl methyl sites for hydroxylation is 1. The number of nitrogens with zero attached hydrogens (tertiary/aromatic N) is 4. The number of carbonyl (C=O) groups excluding carboxylic acids is 2. The summed E-state index contributed by atoms with van der Waals surface area (Å²) in [5.41, 5.74) is -0.677. The summed E-state index contributed by atoms with van der Waals surface area (Å²) in [5.74, 6) is -2.10. The topological polar surface area (TPSA) is 111 Å². The lowest BCUT2D eigenvalue weighted by atomic mass is 10.1. The largest absolute Gasteiger partial charge is 0.433 e. The summed E-state index contributed by atoms with van der Waals surface area (Å²) in [7, 11) is 1.48. The van der Waals surface area contributed by atoms with Gasteiger partial charge in [0.15, 0.2) is 5.75 Å². The first-order chi connectivity index (χ1) is 14.7. The van der Waals surface area contributed by atoms with E-state index in [1.165, 1.54) is 29.9 Å². The minimum atomic E-state index is -3.22. The van der Waals surface area contributed by atoms with E-state index in [9.17, 15) is 18.4 Å². The molecule has 1 heterocycles. The Bertz CT molecular complexity index is 1140. The molecule has 2 aromatic carbocycles. The zero-order valence-electron chi connectivity index (χ0n) is 15.4. The minimum absolute atomic E-state index is 0.00223. The van der Waals surface area contributed by atoms with Gasteiger partial charge in [-0.15, -0.1) is 0 Å². The Morgan fingerprint density at radius 2 is 1.74 bits per heavy atom. The second-order valence-electron chi connectivity index (χ2n) is 5.81. The molecule has 0 aliphatic rings. The number of ether oxygens (including phenoxy) is 1. The Labute approximate surface area is 188 Å². The number of tetrazole rings is 1. The third kappa shape index (κ3) is 5.01. The van der Waals surface area contributed by atoms with Gasteiger partial charge in [-0.3, -0.25) is 14.9 Å². The Morgan fingerprint density at radius 1 is 1.06 bits per heavy atom. The number of halogens is 5. The lowest BCUT2D eigenvalue weighted by Crippen LogP contribution is -2.19. The molecular weight excluding hydrogens is 481 g/mol. The van der Waals surface area contributed by atoms with Crippen LogP contribution in [0.25, 0.3) is 0 Å². The zero-order chi connectivity index (χ0) is 22.7. The van der Waals surface area contributed by atoms with Gasteiger partial charge in [0.05, 0.1) is 26.2 Å². The molecule has 1 aromatic heterocycles. The van der Waals surface area contributed by atoms with Gasteiger partial charge in [0.1, 0.15) is 5.69 Å². The number of rotatable bonds is 6. The fourth-order valence-corrected chi connectivity index (χ4v) is 3.30. The molecule has 2 amide bonds. The SMILES string of the molecule is Cn1nnnc1NC(=O)c1ccc(OC(F)F)c(NC(=O)c2c(Cl)cccc2Cl)c1Cl. The molecule has 0 saturated carbocycles. The molecule has 0 spiro atoms. The predicted molar refractivity (Wildman–Crippen MR) is 109 cm³/mol. The third-order valence-electron chi connectivity index (χ3n) is 3.84. The van der Waals surface area contributed by atoms with Gasteiger partial charge in [-0.05, 0) is 34.7 Å². The number of hydrogen-bond acceptors (Lipinski definition) is 6. The number of amides is 2. The zero-order valence-corrected chi connectivity index (χ0v) is 17.6. The van der Waals surface area contributed by atoms with Crippen LogP contribution < -0.4 is 15.4 Å². The van der Waals surface area contributed by atoms with Crippen LogP contribution in [0.4, 0.5) is 20.4 Å². The van der Waals surface area contributed by atoms with Gasteiger partial charge >= 0.3 is 6.61 Å². The van der Waals surface area contributed by atoms with Crippen molar-refractivity contribution < 1.29 is 23.1 Å². The summed E-state index contributed by atoms with van der Waals surface area (Å²) in [5, 5.41) is 14.9. The van der Waals surface area contributed by atoms with Crippen LogP contribution in [0.5, 0.6) is 5.75 Å². The van der Waals surface area contributed by atoms with E-state index in [0.29, 0.717) is 0 Å². The van der Waals surface area contributed by atoms with Crippen molar-refractivity contribution in [2.45, 2.75) is 6.61 Å². The highest BCUT2D eigenvalue weighted by Crippen LogP contribution is 2.37. The van der Waals surface area contributed by atoms with Gasteiger partial charge in [-0.1, -0.05) is 46.0 Å². The molecule has 2 N–H and O–H groups in total. The van der Waals surface area contributed by atoms with Crippen LogP contribution in [0.15, 0.2) is 30.3 Å². The molecule has 162 valence electrons. The van der Waals surface area contributed by atoms with Crippen LogP contribution in [0.2, 0.25) is 15.1 Å². The summed E-state index contributed by atoms with van der Waals surface area (Å²) in [4.78, 5) is 25.3. The fraction of sp³-hybridized carbons (Fsp3) is 0.118. The Hall–Kier alpha value is -3.02. The summed E-state index contributed by atoms with van der Waals surface area (Å²) < 4.78 is 31.3. The Kier molecular flexibility index (Phi) is 6.88. The molecule has 0 saturated heterocycles. The van der Waals surface area contributed by atoms with Crippen LogP contribution in [0.1, 0.15) is 20.7 Å². The normalized spacial score (nSPS) is 10.8. The molecule has 9 nitrogen and oxygen atoms in total. The fourth-order valence-electron chi connectivity index (χ4n) is 2.44. The molecule has 0 unspecified atom stereocenters. The van der Waals surface area contributed by atoms with E-state index in [2.05, 4.69) is 30.9 Å². The maximum Gasteiger partial charge on any atom is 0.387 e. The van der Waals surface area contributed by atoms with Crippen molar-refractivity contribution in [1.82, 2.24) is 20.2 Å². The molecule has 0 aliphatic carbocycles. The molecular formula is C17H11Cl3F2N6O3. The first-order valence-corrected chi connectivity index (χ1v) is 9.38. The molecule has 3 aromatic rings. The number of alkyl halides is 2. The van der Waals surface area contributed by atoms with Gasteiger partial charge in [0.25, 0.3) is 11.8 Å². The molecule has 0 radical (unpaired) electrons. The van der Waals surface area contributed by atoms with E-state index >= 15 is 0 Å². The summed E-state index contributed by atoms with van der Waals surface area (Å²) in [6.45, 7) is -3.22. The van der Waals surface area contributed by atoms with Crippen molar-refractivity contribution in [3.63, 3.8) is 0 Å². The smallest absolute Gasteiger partial charge is 0.387 e. The number of anilines is 2. The first-order valence-electron chi connectivity index (χ1n) is 8.25. The molecule has 0 bridgehead atoms. The molecule has 31 heavy (non-hydrogen) atoms. The summed E-state index contributed by atoms with van der Waals surface area (Å²) >= 11 is 18.3. The van der Waals surface area contributed by atoms with E-state index < -0.39 is 24.2 Å². The summed E-state index contributed by atoms with van der Waals surface area (Å²) in [6, 6.07) is 6.54. The highest BCUT2D eigenvalue weighted by atomic mass is 35.5. The van der Waals surface area contributed by atoms with Crippen molar-refractivity contribution in [2.24, 2.45) is 7.05 Å². The van der Waals surface area contributed by atoms with Crippen molar-refractivity contribution in [3.8, 4) is 5.75 Å². The lowest BCUT2D eigenvalue weighted by Gasteiger charge is -2.16. The van der Waals surface area contributed by atoms with E-state index in [4.69, 9.17) is 34.8 Å². The standard InChI is InChI=1S/C17H11Cl3F2N6O3/c1-28-17(25-26-27-28)24-14(29)7-5-6-10(31-16(21)22)13(12(7)20)23-15(30)11-8(18)3-2-4-9(11)19/h2-6,16H,1H3,(H,23,30)(H,24,25,27,29). The van der Waals surface area contributed by atoms with Crippen LogP contribution in [0.3, 0.4) is 0 Å². The van der Waals surface area contributed by atoms with Crippen molar-refractivity contribution in [1.29, 1.82) is 0 Å². The first kappa shape index (κ1) is 22.7. The van der Waals surface area contributed by atoms with E-state index in [1.54, 1.807) is 0 Å². The van der Waals surface area contributed by atoms with Gasteiger partial charge in [-0.2, -0.15) is 8.78 Å². The maximum atomic E-state index is 12.9. The number of aromatic nitrogens is 4. The lowest BCUT2D eigenvalue weighted by molar-refractivity contribution is -0.0493. The highest BCUT2D eigenvalue weighted by molar-refractivity contribution is 6.41. The number of carbonyl (C=O) groups is 2. The second-order valence-corrected chi connectivity index (χ2v) is 7.00. The molecule has 14 heteroatoms. The predicted octanol–water partition coefficient (Wildman–Crippen LogP) is 4.28. The van der Waals surface area contributed by atoms with Gasteiger partial charge in [-0.25, -0.2) is 4.68 Å². The molecule has 3 rings (SSSR count). The molecule has 0 atom stereocenters. The van der Waals surface area contributed by atoms with Crippen LogP contribution >= 0.6 is 34.8 Å². The van der Waals surface area contributed by atoms with Crippen molar-refractivity contribution in [2.75, 3.05) is 10.6 Å². The highest BCUT2D eigenvalue weighted by Gasteiger charge is 2.24. The van der Waals surface area contributed by atoms with Crippen LogP contribution in [-0.4, -0.2) is 38.6 Å². The number of hydrogen-bond donors (Lipinski definition) is 2. The Morgan fingerprint density at radius 3 is 2.32 bits per heavy atom. The van der Waals surface area contributed by atoms with Gasteiger partial charge in [0, 0.05) is 7.05 Å². The monoisotopic (exact) mass is 490 g/mol. The van der Waals surface area contributed by atoms with Gasteiger partial charge in [0.2, 0.25) is 5.95 Å². The van der Waals surface area contributed by atoms with E-state index in [-0.39, 0.29) is 37.8 Å². The Balaban J connectivity index is 2.00. The minimum Gasteiger partial charge on any atom is -0.433 e. The third-order valence-corrected chi connectivity index (χ3v) is 4.86. The van der Waals surface area contributed by atoms with E-state index in [0.717, 1.165) is 12.1 Å². The second kappa shape index (κ2) is 9.41. The van der Waals surface area contributed by atoms with Crippen molar-refractivity contribution >= 4 is 58.3 Å². The summed E-state index contributed by atoms with van der Waals surface area (Å²) in [6.07, 6.45) is 0. The number of benzene rings is 2. The number of nitrogens with one attached hydrogen (secondary N) is 2. The van der Waals surface area contributed by atoms with Gasteiger partial charge < -0.3 is 10.1 Å². The van der Waals surface area contributed by atoms with Crippen LogP contribution in [-0.2, 0) is 7.05 Å². The molecule has 0 aliphatic heterocycles. The quantitative estimate of drug-likeness (QED) is 0.533. The van der Waals surface area contributed by atoms with E-state index in [1.807, 2.05) is 0 Å². The maximum absolute atomic E-state index is 12.9. The molecule has 0 fully saturated rings.